The number of nitrogens with zero attached hydrogens (tertiary/aromatic N) is 4. The Bertz CT molecular complexity index is 892. The summed E-state index contributed by atoms with van der Waals surface area (Å²) in [6.07, 6.45) is 0.949. The lowest BCUT2D eigenvalue weighted by atomic mass is 10.0. The highest BCUT2D eigenvalue weighted by atomic mass is 15.3. The topological polar surface area (TPSA) is 81.7 Å². The molecule has 3 aromatic rings. The van der Waals surface area contributed by atoms with Crippen LogP contribution in [-0.2, 0) is 6.54 Å². The molecule has 0 atom stereocenters. The molecule has 3 N–H and O–H groups in total. The predicted molar refractivity (Wildman–Crippen MR) is 106 cm³/mol. The summed E-state index contributed by atoms with van der Waals surface area (Å²) in [6, 6.07) is 10.4. The second-order valence-corrected chi connectivity index (χ2v) is 6.80. The monoisotopic (exact) mass is 350 g/mol. The Morgan fingerprint density at radius 2 is 1.69 bits per heavy atom. The molecule has 0 amide bonds. The van der Waals surface area contributed by atoms with E-state index in [1.807, 2.05) is 17.7 Å². The van der Waals surface area contributed by atoms with Gasteiger partial charge in [-0.05, 0) is 52.3 Å². The highest BCUT2D eigenvalue weighted by molar-refractivity contribution is 5.65. The third-order valence-corrected chi connectivity index (χ3v) is 4.22. The van der Waals surface area contributed by atoms with Crippen LogP contribution in [0.1, 0.15) is 28.9 Å². The Balaban J connectivity index is 1.67. The minimum Gasteiger partial charge on any atom is -0.370 e. The first-order valence-electron chi connectivity index (χ1n) is 8.89. The summed E-state index contributed by atoms with van der Waals surface area (Å²) in [7, 11) is 0. The minimum absolute atomic E-state index is 0.280. The SMILES string of the molecule is Cc1cc(C)cc(-c2cc(NCCCn3nc(C)cc3C)nc(N)n2)c1. The van der Waals surface area contributed by atoms with E-state index in [9.17, 15) is 0 Å². The van der Waals surface area contributed by atoms with Crippen molar-refractivity contribution in [1.29, 1.82) is 0 Å². The molecule has 0 aliphatic rings. The van der Waals surface area contributed by atoms with Gasteiger partial charge in [0.15, 0.2) is 0 Å². The molecule has 0 aliphatic carbocycles. The van der Waals surface area contributed by atoms with Crippen molar-refractivity contribution < 1.29 is 0 Å². The second-order valence-electron chi connectivity index (χ2n) is 6.80. The average Bonchev–Trinajstić information content (AvgIpc) is 2.88. The highest BCUT2D eigenvalue weighted by Crippen LogP contribution is 2.23. The number of hydrogen-bond donors (Lipinski definition) is 2. The number of rotatable bonds is 6. The first-order chi connectivity index (χ1) is 12.4. The summed E-state index contributed by atoms with van der Waals surface area (Å²) in [6.45, 7) is 9.92. The van der Waals surface area contributed by atoms with E-state index in [1.54, 1.807) is 0 Å². The zero-order valence-electron chi connectivity index (χ0n) is 15.9. The zero-order chi connectivity index (χ0) is 18.7. The number of nitrogens with one attached hydrogen (secondary N) is 1. The van der Waals surface area contributed by atoms with Crippen molar-refractivity contribution in [2.24, 2.45) is 0 Å². The lowest BCUT2D eigenvalue weighted by molar-refractivity contribution is 0.573. The van der Waals surface area contributed by atoms with Gasteiger partial charge in [-0.15, -0.1) is 0 Å². The summed E-state index contributed by atoms with van der Waals surface area (Å²) in [5.74, 6) is 1.03. The molecule has 0 fully saturated rings. The number of hydrogen-bond acceptors (Lipinski definition) is 5. The quantitative estimate of drug-likeness (QED) is 0.663. The van der Waals surface area contributed by atoms with Crippen LogP contribution in [0.5, 0.6) is 0 Å². The molecule has 0 saturated heterocycles. The number of aromatic nitrogens is 4. The summed E-state index contributed by atoms with van der Waals surface area (Å²) < 4.78 is 2.03. The lowest BCUT2D eigenvalue weighted by Gasteiger charge is -2.10. The van der Waals surface area contributed by atoms with Crippen LogP contribution in [0.25, 0.3) is 11.3 Å². The van der Waals surface area contributed by atoms with Crippen molar-refractivity contribution in [2.75, 3.05) is 17.6 Å². The average molecular weight is 350 g/mol. The Morgan fingerprint density at radius 1 is 0.962 bits per heavy atom. The van der Waals surface area contributed by atoms with Crippen molar-refractivity contribution in [2.45, 2.75) is 40.7 Å². The fourth-order valence-corrected chi connectivity index (χ4v) is 3.17. The summed E-state index contributed by atoms with van der Waals surface area (Å²) in [4.78, 5) is 8.69. The molecule has 6 heteroatoms. The van der Waals surface area contributed by atoms with Crippen molar-refractivity contribution >= 4 is 11.8 Å². The van der Waals surface area contributed by atoms with Crippen LogP contribution in [0.2, 0.25) is 0 Å². The van der Waals surface area contributed by atoms with Crippen molar-refractivity contribution in [1.82, 2.24) is 19.7 Å². The molecule has 0 radical (unpaired) electrons. The first kappa shape index (κ1) is 17.9. The van der Waals surface area contributed by atoms with Gasteiger partial charge in [0, 0.05) is 30.4 Å². The standard InChI is InChI=1S/C20H26N6/c1-13-8-14(2)10-17(9-13)18-12-19(24-20(21)23-18)22-6-5-7-26-16(4)11-15(3)25-26/h8-12H,5-7H2,1-4H3,(H3,21,22,23,24). The molecular formula is C20H26N6. The maximum atomic E-state index is 5.91. The Labute approximate surface area is 154 Å². The fraction of sp³-hybridized carbons (Fsp3) is 0.350. The summed E-state index contributed by atoms with van der Waals surface area (Å²) >= 11 is 0. The molecule has 26 heavy (non-hydrogen) atoms. The van der Waals surface area contributed by atoms with Gasteiger partial charge in [-0.3, -0.25) is 4.68 Å². The van der Waals surface area contributed by atoms with E-state index in [2.05, 4.69) is 65.4 Å². The highest BCUT2D eigenvalue weighted by Gasteiger charge is 2.07. The van der Waals surface area contributed by atoms with Gasteiger partial charge in [-0.1, -0.05) is 17.2 Å². The van der Waals surface area contributed by atoms with E-state index in [1.165, 1.54) is 16.8 Å². The van der Waals surface area contributed by atoms with Crippen LogP contribution < -0.4 is 11.1 Å². The molecular weight excluding hydrogens is 324 g/mol. The normalized spacial score (nSPS) is 10.9. The number of anilines is 2. The van der Waals surface area contributed by atoms with Gasteiger partial charge in [-0.2, -0.15) is 10.1 Å². The van der Waals surface area contributed by atoms with E-state index in [0.717, 1.165) is 42.3 Å². The molecule has 2 heterocycles. The van der Waals surface area contributed by atoms with Crippen molar-refractivity contribution in [3.05, 3.63) is 52.8 Å². The third kappa shape index (κ3) is 4.39. The van der Waals surface area contributed by atoms with Gasteiger partial charge in [0.05, 0.1) is 11.4 Å². The maximum Gasteiger partial charge on any atom is 0.222 e. The van der Waals surface area contributed by atoms with E-state index in [4.69, 9.17) is 5.73 Å². The van der Waals surface area contributed by atoms with Gasteiger partial charge in [-0.25, -0.2) is 4.98 Å². The smallest absolute Gasteiger partial charge is 0.222 e. The molecule has 0 aliphatic heterocycles. The van der Waals surface area contributed by atoms with E-state index < -0.39 is 0 Å². The van der Waals surface area contributed by atoms with Crippen LogP contribution >= 0.6 is 0 Å². The largest absolute Gasteiger partial charge is 0.370 e. The molecule has 6 nitrogen and oxygen atoms in total. The Hall–Kier alpha value is -2.89. The molecule has 136 valence electrons. The van der Waals surface area contributed by atoms with Crippen LogP contribution in [-0.4, -0.2) is 26.3 Å². The molecule has 0 saturated carbocycles. The van der Waals surface area contributed by atoms with Gasteiger partial charge in [0.2, 0.25) is 5.95 Å². The molecule has 0 bridgehead atoms. The van der Waals surface area contributed by atoms with Crippen molar-refractivity contribution in [3.63, 3.8) is 0 Å². The Kier molecular flexibility index (Phi) is 5.21. The van der Waals surface area contributed by atoms with Crippen LogP contribution in [0, 0.1) is 27.7 Å². The van der Waals surface area contributed by atoms with Gasteiger partial charge < -0.3 is 11.1 Å². The summed E-state index contributed by atoms with van der Waals surface area (Å²) in [5, 5.41) is 7.83. The fourth-order valence-electron chi connectivity index (χ4n) is 3.17. The van der Waals surface area contributed by atoms with E-state index in [0.29, 0.717) is 0 Å². The van der Waals surface area contributed by atoms with Gasteiger partial charge in [0.25, 0.3) is 0 Å². The van der Waals surface area contributed by atoms with Crippen LogP contribution in [0.4, 0.5) is 11.8 Å². The zero-order valence-corrected chi connectivity index (χ0v) is 15.9. The minimum atomic E-state index is 0.280. The van der Waals surface area contributed by atoms with Crippen LogP contribution in [0.3, 0.4) is 0 Å². The molecule has 2 aromatic heterocycles. The number of benzene rings is 1. The second kappa shape index (κ2) is 7.56. The van der Waals surface area contributed by atoms with Gasteiger partial charge in [0.1, 0.15) is 5.82 Å². The van der Waals surface area contributed by atoms with E-state index >= 15 is 0 Å². The predicted octanol–water partition coefficient (Wildman–Crippen LogP) is 3.66. The third-order valence-electron chi connectivity index (χ3n) is 4.22. The van der Waals surface area contributed by atoms with Gasteiger partial charge >= 0.3 is 0 Å². The lowest BCUT2D eigenvalue weighted by Crippen LogP contribution is -2.10. The summed E-state index contributed by atoms with van der Waals surface area (Å²) in [5.41, 5.74) is 12.5. The number of nitrogen functional groups attached to an aromatic ring is 1. The maximum absolute atomic E-state index is 5.91. The van der Waals surface area contributed by atoms with Crippen LogP contribution in [0.15, 0.2) is 30.3 Å². The number of nitrogens with two attached hydrogens (primary N) is 1. The first-order valence-corrected chi connectivity index (χ1v) is 8.89. The molecule has 0 spiro atoms. The van der Waals surface area contributed by atoms with Crippen molar-refractivity contribution in [3.8, 4) is 11.3 Å². The van der Waals surface area contributed by atoms with E-state index in [-0.39, 0.29) is 5.95 Å². The molecule has 1 aromatic carbocycles. The Morgan fingerprint density at radius 3 is 2.35 bits per heavy atom. The number of aryl methyl sites for hydroxylation is 5. The molecule has 3 rings (SSSR count). The molecule has 0 unspecified atom stereocenters.